The Morgan fingerprint density at radius 1 is 0.560 bits per heavy atom. The maximum atomic E-state index is 12.2. The summed E-state index contributed by atoms with van der Waals surface area (Å²) in [4.78, 5) is 12.2. The Labute approximate surface area is 488 Å². The number of anilines is 1. The first kappa shape index (κ1) is 60.9. The lowest BCUT2D eigenvalue weighted by Gasteiger charge is -2.20. The first-order valence-corrected chi connectivity index (χ1v) is 27.9. The van der Waals surface area contributed by atoms with Crippen LogP contribution < -0.4 is 5.32 Å². The zero-order valence-corrected chi connectivity index (χ0v) is 51.9. The fraction of sp³-hybridized carbons (Fsp3) is 0.433. The number of fused-ring (bicyclic) bond motifs is 3. The molecule has 24 nitrogen and oxygen atoms in total. The third-order valence-electron chi connectivity index (χ3n) is 13.6. The molecular formula is C60H79N21O3. The van der Waals surface area contributed by atoms with E-state index in [4.69, 9.17) is 4.74 Å². The first-order chi connectivity index (χ1) is 39.3. The number of nitrogens with zero attached hydrogens (tertiary/aromatic N) is 16. The number of phenols is 1. The molecule has 0 unspecified atom stereocenters. The van der Waals surface area contributed by atoms with Gasteiger partial charge in [-0.15, -0.1) is 61.3 Å². The molecule has 10 rings (SSSR count). The molecule has 84 heavy (non-hydrogen) atoms. The van der Waals surface area contributed by atoms with Crippen LogP contribution in [0.2, 0.25) is 0 Å². The zero-order chi connectivity index (χ0) is 61.4. The highest BCUT2D eigenvalue weighted by Gasteiger charge is 2.29. The van der Waals surface area contributed by atoms with E-state index in [9.17, 15) is 9.90 Å². The van der Waals surface area contributed by atoms with Crippen molar-refractivity contribution < 1.29 is 14.6 Å². The number of aryl methyl sites for hydroxylation is 4. The molecule has 0 bridgehead atoms. The zero-order valence-electron chi connectivity index (χ0n) is 51.9. The van der Waals surface area contributed by atoms with Gasteiger partial charge >= 0.3 is 6.09 Å². The molecule has 24 heteroatoms. The molecule has 1 amide bonds. The Morgan fingerprint density at radius 2 is 1.02 bits per heavy atom. The van der Waals surface area contributed by atoms with Gasteiger partial charge < -0.3 is 9.84 Å². The highest BCUT2D eigenvalue weighted by Crippen LogP contribution is 2.41. The number of azo groups is 3. The van der Waals surface area contributed by atoms with Gasteiger partial charge in [0.15, 0.2) is 17.1 Å². The number of H-pyrrole nitrogens is 4. The van der Waals surface area contributed by atoms with Crippen LogP contribution in [0.4, 0.5) is 44.7 Å². The van der Waals surface area contributed by atoms with Crippen LogP contribution in [-0.4, -0.2) is 86.9 Å². The average molecular weight is 1140 g/mol. The summed E-state index contributed by atoms with van der Waals surface area (Å²) in [6.45, 7) is 40.7. The molecule has 10 aromatic rings. The number of hydrogen-bond acceptors (Lipinski definition) is 16. The smallest absolute Gasteiger partial charge is 0.411 e. The number of phenolic OH excluding ortho intramolecular Hbond substituents is 1. The van der Waals surface area contributed by atoms with Crippen molar-refractivity contribution in [1.29, 1.82) is 0 Å². The maximum Gasteiger partial charge on any atom is 0.411 e. The van der Waals surface area contributed by atoms with Crippen LogP contribution in [0, 0.1) is 27.7 Å². The molecule has 442 valence electrons. The minimum Gasteiger partial charge on any atom is -0.506 e. The number of carbonyl (C=O) groups excluding carboxylic acids is 1. The molecule has 0 spiro atoms. The Bertz CT molecular complexity index is 4050. The van der Waals surface area contributed by atoms with Gasteiger partial charge in [0.25, 0.3) is 0 Å². The number of hydrogen-bond donors (Lipinski definition) is 6. The lowest BCUT2D eigenvalue weighted by Crippen LogP contribution is -2.18. The van der Waals surface area contributed by atoms with E-state index in [0.29, 0.717) is 62.8 Å². The predicted octanol–water partition coefficient (Wildman–Crippen LogP) is 16.0. The normalized spacial score (nSPS) is 12.7. The molecule has 0 saturated carbocycles. The molecular weight excluding hydrogens is 1060 g/mol. The Hall–Kier alpha value is -9.22. The highest BCUT2D eigenvalue weighted by molar-refractivity contribution is 5.89. The van der Waals surface area contributed by atoms with Gasteiger partial charge in [-0.1, -0.05) is 139 Å². The molecule has 0 radical (unpaired) electrons. The van der Waals surface area contributed by atoms with Crippen molar-refractivity contribution in [2.24, 2.45) is 30.7 Å². The van der Waals surface area contributed by atoms with Crippen LogP contribution in [0.15, 0.2) is 97.4 Å². The van der Waals surface area contributed by atoms with E-state index in [1.807, 2.05) is 92.9 Å². The summed E-state index contributed by atoms with van der Waals surface area (Å²) in [5.74, 6) is 3.27. The molecule has 6 N–H and O–H groups in total. The standard InChI is InChI=1S/C23H33N7O2.C19H22N8.C18H24N6O/c1-13(2)32-21(31)24-16-11-10-15(22(4,5)6)12-17(16)26-27-18-19(23(7,8)9)29-30-14(3)25-28-20(18)30;1-11-14(13-9-7-6-8-10-13)17(23-20-11)24-22-15-16(19(3,4)5)26-27-12(2)21-25-18(15)27;1-10(2)12-7-8-14(25)13(9-12)20-21-15-16(18(4,5)6)23-24-11(3)19-22-17(15)24/h10-13,29H,1-9H3,(H,24,31);6-10,26H,1-5H3,(H,20,23);7-10,23,25H,1-6H3. The largest absolute Gasteiger partial charge is 0.506 e. The highest BCUT2D eigenvalue weighted by atomic mass is 16.6. The van der Waals surface area contributed by atoms with E-state index in [2.05, 4.69) is 189 Å². The second kappa shape index (κ2) is 23.6. The summed E-state index contributed by atoms with van der Waals surface area (Å²) >= 11 is 0. The summed E-state index contributed by atoms with van der Waals surface area (Å²) in [5.41, 5.74) is 12.6. The maximum absolute atomic E-state index is 12.2. The number of amides is 1. The van der Waals surface area contributed by atoms with E-state index in [1.54, 1.807) is 28.9 Å². The summed E-state index contributed by atoms with van der Waals surface area (Å²) in [5, 5.41) is 82.1. The van der Waals surface area contributed by atoms with Crippen molar-refractivity contribution in [3.8, 4) is 16.9 Å². The molecule has 7 aromatic heterocycles. The lowest BCUT2D eigenvalue weighted by atomic mass is 9.86. The van der Waals surface area contributed by atoms with Gasteiger partial charge in [0.2, 0.25) is 22.8 Å². The SMILES string of the molecule is Cc1[nH]nc(N=Nc2c(C(C)(C)C)[nH]n3c(C)nnc23)c1-c1ccccc1.Cc1nnc2c(N=Nc3cc(C(C)(C)C)ccc3NC(=O)OC(C)C)c(C(C)(C)C)[nH]n12.Cc1nnc2c(N=Nc3cc(C(C)C)ccc3O)c(C(C)(C)C)[nH]n12. The fourth-order valence-electron chi connectivity index (χ4n) is 8.90. The number of carbonyl (C=O) groups is 1. The van der Waals surface area contributed by atoms with E-state index in [-0.39, 0.29) is 33.5 Å². The molecule has 0 fully saturated rings. The van der Waals surface area contributed by atoms with E-state index < -0.39 is 6.09 Å². The second-order valence-corrected chi connectivity index (χ2v) is 25.5. The number of aromatic amines is 4. The van der Waals surface area contributed by atoms with Gasteiger partial charge in [-0.2, -0.15) is 5.10 Å². The number of aromatic hydroxyl groups is 1. The summed E-state index contributed by atoms with van der Waals surface area (Å²) in [6.07, 6.45) is -0.764. The average Bonchev–Trinajstić information content (AvgIpc) is 2.21. The van der Waals surface area contributed by atoms with Crippen LogP contribution in [-0.2, 0) is 26.4 Å². The molecule has 0 aliphatic heterocycles. The van der Waals surface area contributed by atoms with Gasteiger partial charge in [0, 0.05) is 21.9 Å². The van der Waals surface area contributed by atoms with Crippen molar-refractivity contribution in [3.05, 3.63) is 118 Å². The van der Waals surface area contributed by atoms with Crippen molar-refractivity contribution >= 4 is 63.0 Å². The van der Waals surface area contributed by atoms with Crippen molar-refractivity contribution in [2.45, 2.75) is 172 Å². The van der Waals surface area contributed by atoms with E-state index in [0.717, 1.165) is 62.5 Å². The molecule has 0 aliphatic carbocycles. The Kier molecular flexibility index (Phi) is 17.1. The summed E-state index contributed by atoms with van der Waals surface area (Å²) < 4.78 is 10.7. The first-order valence-electron chi connectivity index (χ1n) is 27.9. The van der Waals surface area contributed by atoms with Crippen LogP contribution in [0.3, 0.4) is 0 Å². The van der Waals surface area contributed by atoms with Crippen molar-refractivity contribution in [3.63, 3.8) is 0 Å². The molecule has 3 aromatic carbocycles. The molecule has 0 saturated heterocycles. The number of ether oxygens (including phenoxy) is 1. The van der Waals surface area contributed by atoms with Gasteiger partial charge in [-0.3, -0.25) is 25.7 Å². The molecule has 0 atom stereocenters. The molecule has 0 aliphatic rings. The van der Waals surface area contributed by atoms with Crippen LogP contribution in [0.5, 0.6) is 5.75 Å². The topological polar surface area (TPSA) is 299 Å². The number of aromatic nitrogens is 14. The number of benzene rings is 3. The van der Waals surface area contributed by atoms with Crippen molar-refractivity contribution in [2.75, 3.05) is 5.32 Å². The van der Waals surface area contributed by atoms with Crippen LogP contribution in [0.1, 0.15) is 168 Å². The summed E-state index contributed by atoms with van der Waals surface area (Å²) in [7, 11) is 0. The van der Waals surface area contributed by atoms with Crippen LogP contribution in [0.25, 0.3) is 28.1 Å². The third-order valence-corrected chi connectivity index (χ3v) is 13.6. The fourth-order valence-corrected chi connectivity index (χ4v) is 8.90. The Balaban J connectivity index is 0.000000166. The second-order valence-electron chi connectivity index (χ2n) is 25.5. The number of nitrogens with one attached hydrogen (secondary N) is 5. The van der Waals surface area contributed by atoms with Gasteiger partial charge in [0.05, 0.1) is 34.4 Å². The minimum atomic E-state index is -0.535. The monoisotopic (exact) mass is 1140 g/mol. The summed E-state index contributed by atoms with van der Waals surface area (Å²) in [6, 6.07) is 21.2. The van der Waals surface area contributed by atoms with Crippen LogP contribution >= 0.6 is 0 Å². The molecule has 7 heterocycles. The Morgan fingerprint density at radius 3 is 1.46 bits per heavy atom. The number of rotatable bonds is 10. The van der Waals surface area contributed by atoms with E-state index >= 15 is 0 Å². The van der Waals surface area contributed by atoms with Gasteiger partial charge in [-0.25, -0.2) is 18.3 Å². The lowest BCUT2D eigenvalue weighted by molar-refractivity contribution is 0.130. The minimum absolute atomic E-state index is 0.0940. The van der Waals surface area contributed by atoms with Gasteiger partial charge in [-0.05, 0) is 93.8 Å². The quantitative estimate of drug-likeness (QED) is 0.0703. The third kappa shape index (κ3) is 13.3. The predicted molar refractivity (Wildman–Crippen MR) is 326 cm³/mol. The van der Waals surface area contributed by atoms with Crippen molar-refractivity contribution in [1.82, 2.24) is 69.6 Å². The van der Waals surface area contributed by atoms with E-state index in [1.165, 1.54) is 0 Å². The van der Waals surface area contributed by atoms with Gasteiger partial charge in [0.1, 0.15) is 34.6 Å².